The molecular weight excluding hydrogens is 362 g/mol. The monoisotopic (exact) mass is 383 g/mol. The van der Waals surface area contributed by atoms with Gasteiger partial charge in [0.2, 0.25) is 11.1 Å². The van der Waals surface area contributed by atoms with Crippen molar-refractivity contribution in [2.24, 2.45) is 0 Å². The molecule has 2 heterocycles. The summed E-state index contributed by atoms with van der Waals surface area (Å²) in [7, 11) is 0. The molecule has 3 rings (SSSR count). The van der Waals surface area contributed by atoms with Gasteiger partial charge in [0, 0.05) is 22.6 Å². The van der Waals surface area contributed by atoms with Gasteiger partial charge in [-0.2, -0.15) is 4.98 Å². The van der Waals surface area contributed by atoms with E-state index >= 15 is 0 Å². The number of aryl methyl sites for hydroxylation is 2. The van der Waals surface area contributed by atoms with E-state index in [2.05, 4.69) is 20.4 Å². The van der Waals surface area contributed by atoms with Gasteiger partial charge >= 0.3 is 0 Å². The van der Waals surface area contributed by atoms with Gasteiger partial charge in [-0.25, -0.2) is 9.50 Å². The molecule has 0 saturated carbocycles. The molecule has 1 unspecified atom stereocenters. The molecule has 3 aromatic rings. The number of Topliss-reactive ketones (excluding diaryl/α,β-unsaturated/α-hetero) is 1. The lowest BCUT2D eigenvalue weighted by Gasteiger charge is -2.10. The Morgan fingerprint density at radius 1 is 1.11 bits per heavy atom. The number of fused-ring (bicyclic) bond motifs is 1. The number of hydrogen-bond acceptors (Lipinski definition) is 6. The second-order valence-electron chi connectivity index (χ2n) is 6.40. The number of nitrogens with zero attached hydrogens (tertiary/aromatic N) is 4. The normalized spacial score (nSPS) is 12.2. The van der Waals surface area contributed by atoms with Gasteiger partial charge in [-0.15, -0.1) is 5.10 Å². The molecule has 140 valence electrons. The number of rotatable bonds is 5. The molecule has 0 aliphatic rings. The van der Waals surface area contributed by atoms with E-state index in [0.29, 0.717) is 22.2 Å². The van der Waals surface area contributed by atoms with E-state index in [1.165, 1.54) is 18.7 Å². The van der Waals surface area contributed by atoms with Gasteiger partial charge in [0.05, 0.1) is 5.25 Å². The van der Waals surface area contributed by atoms with Gasteiger partial charge < -0.3 is 5.32 Å². The second-order valence-corrected chi connectivity index (χ2v) is 7.70. The molecule has 27 heavy (non-hydrogen) atoms. The minimum atomic E-state index is -0.391. The van der Waals surface area contributed by atoms with Crippen molar-refractivity contribution in [1.29, 1.82) is 0 Å². The fourth-order valence-corrected chi connectivity index (χ4v) is 3.28. The highest BCUT2D eigenvalue weighted by atomic mass is 32.2. The highest BCUT2D eigenvalue weighted by Gasteiger charge is 2.19. The molecule has 0 spiro atoms. The van der Waals surface area contributed by atoms with E-state index in [-0.39, 0.29) is 11.7 Å². The zero-order chi connectivity index (χ0) is 19.7. The minimum Gasteiger partial charge on any atom is -0.325 e. The van der Waals surface area contributed by atoms with E-state index in [4.69, 9.17) is 0 Å². The molecule has 8 heteroatoms. The van der Waals surface area contributed by atoms with Crippen LogP contribution in [0.4, 0.5) is 5.69 Å². The lowest BCUT2D eigenvalue weighted by molar-refractivity contribution is -0.115. The Morgan fingerprint density at radius 2 is 1.78 bits per heavy atom. The van der Waals surface area contributed by atoms with E-state index in [1.54, 1.807) is 35.7 Å². The van der Waals surface area contributed by atoms with Crippen molar-refractivity contribution in [2.45, 2.75) is 45.0 Å². The fourth-order valence-electron chi connectivity index (χ4n) is 2.53. The maximum absolute atomic E-state index is 12.4. The lowest BCUT2D eigenvalue weighted by atomic mass is 10.1. The van der Waals surface area contributed by atoms with Crippen molar-refractivity contribution in [3.8, 4) is 0 Å². The van der Waals surface area contributed by atoms with Crippen molar-refractivity contribution < 1.29 is 9.59 Å². The SMILES string of the molecule is CC(=O)c1ccc(NC(=O)C(C)Sc2nc3nc(C)c(C)c(C)n3n2)cc1. The Morgan fingerprint density at radius 3 is 2.41 bits per heavy atom. The Bertz CT molecular complexity index is 1030. The van der Waals surface area contributed by atoms with Crippen LogP contribution in [0.1, 0.15) is 41.2 Å². The van der Waals surface area contributed by atoms with E-state index in [1.807, 2.05) is 20.8 Å². The molecule has 1 atom stereocenters. The third-order valence-corrected chi connectivity index (χ3v) is 5.40. The summed E-state index contributed by atoms with van der Waals surface area (Å²) in [4.78, 5) is 32.6. The fraction of sp³-hybridized carbons (Fsp3) is 0.316. The van der Waals surface area contributed by atoms with Crippen LogP contribution in [-0.4, -0.2) is 36.5 Å². The van der Waals surface area contributed by atoms with Crippen molar-refractivity contribution in [1.82, 2.24) is 19.6 Å². The molecular formula is C19H21N5O2S. The van der Waals surface area contributed by atoms with Gasteiger partial charge in [-0.05, 0) is 64.4 Å². The van der Waals surface area contributed by atoms with Crippen LogP contribution >= 0.6 is 11.8 Å². The average molecular weight is 383 g/mol. The number of amides is 1. The zero-order valence-electron chi connectivity index (χ0n) is 15.9. The Labute approximate surface area is 161 Å². The maximum Gasteiger partial charge on any atom is 0.253 e. The Hall–Kier alpha value is -2.74. The summed E-state index contributed by atoms with van der Waals surface area (Å²) in [5, 5.41) is 7.42. The molecule has 7 nitrogen and oxygen atoms in total. The Balaban J connectivity index is 1.71. The largest absolute Gasteiger partial charge is 0.325 e. The predicted molar refractivity (Wildman–Crippen MR) is 105 cm³/mol. The number of benzene rings is 1. The molecule has 1 N–H and O–H groups in total. The molecule has 0 aliphatic carbocycles. The Kier molecular flexibility index (Phi) is 5.27. The first kappa shape index (κ1) is 19.0. The number of carbonyl (C=O) groups is 2. The quantitative estimate of drug-likeness (QED) is 0.537. The van der Waals surface area contributed by atoms with Crippen molar-refractivity contribution in [3.63, 3.8) is 0 Å². The van der Waals surface area contributed by atoms with Crippen molar-refractivity contribution >= 4 is 34.9 Å². The molecule has 1 amide bonds. The van der Waals surface area contributed by atoms with Gasteiger partial charge in [0.15, 0.2) is 5.78 Å². The summed E-state index contributed by atoms with van der Waals surface area (Å²) in [6.07, 6.45) is 0. The van der Waals surface area contributed by atoms with Crippen molar-refractivity contribution in [3.05, 3.63) is 46.8 Å². The molecule has 1 aromatic carbocycles. The molecule has 0 aliphatic heterocycles. The van der Waals surface area contributed by atoms with Crippen LogP contribution in [0.25, 0.3) is 5.78 Å². The van der Waals surface area contributed by atoms with Gasteiger partial charge in [0.1, 0.15) is 0 Å². The van der Waals surface area contributed by atoms with E-state index in [0.717, 1.165) is 17.0 Å². The third kappa shape index (κ3) is 4.00. The summed E-state index contributed by atoms with van der Waals surface area (Å²) in [6, 6.07) is 6.82. The molecule has 0 radical (unpaired) electrons. The van der Waals surface area contributed by atoms with Crippen LogP contribution in [0, 0.1) is 20.8 Å². The predicted octanol–water partition coefficient (Wildman–Crippen LogP) is 3.37. The maximum atomic E-state index is 12.4. The first-order chi connectivity index (χ1) is 12.8. The first-order valence-electron chi connectivity index (χ1n) is 8.55. The summed E-state index contributed by atoms with van der Waals surface area (Å²) in [6.45, 7) is 9.22. The number of carbonyl (C=O) groups excluding carboxylic acids is 2. The van der Waals surface area contributed by atoms with Crippen LogP contribution in [-0.2, 0) is 4.79 Å². The van der Waals surface area contributed by atoms with Gasteiger partial charge in [0.25, 0.3) is 5.78 Å². The number of aromatic nitrogens is 4. The molecule has 0 fully saturated rings. The number of thioether (sulfide) groups is 1. The zero-order valence-corrected chi connectivity index (χ0v) is 16.7. The van der Waals surface area contributed by atoms with Gasteiger partial charge in [-0.3, -0.25) is 9.59 Å². The summed E-state index contributed by atoms with van der Waals surface area (Å²) in [5.74, 6) is 0.362. The van der Waals surface area contributed by atoms with E-state index < -0.39 is 5.25 Å². The van der Waals surface area contributed by atoms with Gasteiger partial charge in [-0.1, -0.05) is 11.8 Å². The number of ketones is 1. The van der Waals surface area contributed by atoms with Crippen LogP contribution in [0.15, 0.2) is 29.4 Å². The summed E-state index contributed by atoms with van der Waals surface area (Å²) in [5.41, 5.74) is 4.23. The van der Waals surface area contributed by atoms with Crippen LogP contribution < -0.4 is 5.32 Å². The number of hydrogen-bond donors (Lipinski definition) is 1. The lowest BCUT2D eigenvalue weighted by Crippen LogP contribution is -2.22. The highest BCUT2D eigenvalue weighted by molar-refractivity contribution is 8.00. The standard InChI is InChI=1S/C19H21N5O2S/c1-10-11(2)20-18-22-19(23-24(18)12(10)3)27-14(5)17(26)21-16-8-6-15(7-9-16)13(4)25/h6-9,14H,1-5H3,(H,21,26). The average Bonchev–Trinajstić information content (AvgIpc) is 3.02. The van der Waals surface area contributed by atoms with Crippen LogP contribution in [0.5, 0.6) is 0 Å². The molecule has 0 bridgehead atoms. The topological polar surface area (TPSA) is 89.2 Å². The van der Waals surface area contributed by atoms with E-state index in [9.17, 15) is 9.59 Å². The summed E-state index contributed by atoms with van der Waals surface area (Å²) < 4.78 is 1.70. The highest BCUT2D eigenvalue weighted by Crippen LogP contribution is 2.23. The minimum absolute atomic E-state index is 0.0101. The summed E-state index contributed by atoms with van der Waals surface area (Å²) >= 11 is 1.28. The third-order valence-electron chi connectivity index (χ3n) is 4.45. The first-order valence-corrected chi connectivity index (χ1v) is 9.43. The van der Waals surface area contributed by atoms with Crippen molar-refractivity contribution in [2.75, 3.05) is 5.32 Å². The number of nitrogens with one attached hydrogen (secondary N) is 1. The number of anilines is 1. The van der Waals surface area contributed by atoms with Crippen LogP contribution in [0.3, 0.4) is 0 Å². The van der Waals surface area contributed by atoms with Crippen LogP contribution in [0.2, 0.25) is 0 Å². The second kappa shape index (κ2) is 7.48. The molecule has 2 aromatic heterocycles. The smallest absolute Gasteiger partial charge is 0.253 e. The molecule has 0 saturated heterocycles.